The van der Waals surface area contributed by atoms with Crippen LogP contribution in [0.2, 0.25) is 0 Å². The third kappa shape index (κ3) is 1.10. The van der Waals surface area contributed by atoms with Gasteiger partial charge in [-0.2, -0.15) is 15.8 Å². The number of hydrogen-bond donors (Lipinski definition) is 2. The van der Waals surface area contributed by atoms with Crippen LogP contribution >= 0.6 is 0 Å². The maximum atomic E-state index is 12.0. The second-order valence-electron chi connectivity index (χ2n) is 5.02. The monoisotopic (exact) mass is 244 g/mol. The first-order valence-corrected chi connectivity index (χ1v) is 5.72. The molecular weight excluding hydrogens is 232 g/mol. The molecule has 6 heteroatoms. The van der Waals surface area contributed by atoms with Gasteiger partial charge in [-0.25, -0.2) is 0 Å². The smallest absolute Gasteiger partial charge is 0.245 e. The summed E-state index contributed by atoms with van der Waals surface area (Å²) >= 11 is 0. The van der Waals surface area contributed by atoms with E-state index in [1.807, 2.05) is 18.2 Å². The van der Waals surface area contributed by atoms with Gasteiger partial charge < -0.3 is 10.4 Å². The number of amides is 1. The zero-order valence-electron chi connectivity index (χ0n) is 9.90. The lowest BCUT2D eigenvalue weighted by Gasteiger charge is -2.43. The Morgan fingerprint density at radius 3 is 2.44 bits per heavy atom. The minimum Gasteiger partial charge on any atom is -0.371 e. The van der Waals surface area contributed by atoms with E-state index in [0.717, 1.165) is 0 Å². The van der Waals surface area contributed by atoms with Crippen molar-refractivity contribution in [2.24, 2.45) is 16.7 Å². The molecule has 3 atom stereocenters. The van der Waals surface area contributed by atoms with Gasteiger partial charge in [-0.1, -0.05) is 13.3 Å². The zero-order valence-corrected chi connectivity index (χ0v) is 9.90. The normalized spacial score (nSPS) is 40.2. The highest BCUT2D eigenvalue weighted by atomic mass is 16.3. The molecule has 1 saturated heterocycles. The van der Waals surface area contributed by atoms with Crippen molar-refractivity contribution in [3.63, 3.8) is 0 Å². The van der Waals surface area contributed by atoms with Crippen molar-refractivity contribution in [3.05, 3.63) is 0 Å². The van der Waals surface area contributed by atoms with E-state index in [4.69, 9.17) is 0 Å². The van der Waals surface area contributed by atoms with Crippen LogP contribution in [0.25, 0.3) is 0 Å². The van der Waals surface area contributed by atoms with Gasteiger partial charge in [0.15, 0.2) is 10.8 Å². The van der Waals surface area contributed by atoms with Gasteiger partial charge in [0.05, 0.1) is 18.2 Å². The van der Waals surface area contributed by atoms with Crippen LogP contribution in [0, 0.1) is 50.7 Å². The lowest BCUT2D eigenvalue weighted by molar-refractivity contribution is -0.128. The molecule has 0 radical (unpaired) electrons. The first kappa shape index (κ1) is 12.4. The Kier molecular flexibility index (Phi) is 2.37. The molecule has 0 aromatic carbocycles. The summed E-state index contributed by atoms with van der Waals surface area (Å²) in [7, 11) is 0. The fourth-order valence-electron chi connectivity index (χ4n) is 3.26. The standard InChI is InChI=1S/C12H12N4O2/c1-2-8-3-12(18)4-10(5-13,9(17)16-12)11(8,6-14)7-15/h8,18H,2-4H2,1H3,(H,16,17)/t8-,10+,12+/m0/s1. The van der Waals surface area contributed by atoms with Crippen LogP contribution in [0.1, 0.15) is 26.2 Å². The first-order chi connectivity index (χ1) is 8.43. The van der Waals surface area contributed by atoms with Crippen molar-refractivity contribution in [2.45, 2.75) is 31.9 Å². The van der Waals surface area contributed by atoms with Gasteiger partial charge in [-0.3, -0.25) is 4.79 Å². The van der Waals surface area contributed by atoms with Crippen molar-refractivity contribution in [2.75, 3.05) is 0 Å². The largest absolute Gasteiger partial charge is 0.371 e. The number of nitrogens with one attached hydrogen (secondary N) is 1. The number of aliphatic hydroxyl groups is 1. The molecule has 1 amide bonds. The molecule has 2 fully saturated rings. The number of carbonyl (C=O) groups excluding carboxylic acids is 1. The first-order valence-electron chi connectivity index (χ1n) is 5.72. The van der Waals surface area contributed by atoms with Gasteiger partial charge >= 0.3 is 0 Å². The number of carbonyl (C=O) groups is 1. The summed E-state index contributed by atoms with van der Waals surface area (Å²) in [6.07, 6.45) is 0.370. The Labute approximate surface area is 104 Å². The molecule has 1 aliphatic carbocycles. The quantitative estimate of drug-likeness (QED) is 0.681. The molecule has 2 aliphatic rings. The molecule has 0 spiro atoms. The maximum Gasteiger partial charge on any atom is 0.245 e. The summed E-state index contributed by atoms with van der Waals surface area (Å²) in [5.74, 6) is -1.23. The average Bonchev–Trinajstić information content (AvgIpc) is 2.59. The van der Waals surface area contributed by atoms with Crippen molar-refractivity contribution < 1.29 is 9.90 Å². The Morgan fingerprint density at radius 2 is 2.00 bits per heavy atom. The summed E-state index contributed by atoms with van der Waals surface area (Å²) in [5, 5.41) is 40.7. The fraction of sp³-hybridized carbons (Fsp3) is 0.667. The lowest BCUT2D eigenvalue weighted by atomic mass is 9.52. The van der Waals surface area contributed by atoms with Gasteiger partial charge in [0.25, 0.3) is 0 Å². The lowest BCUT2D eigenvalue weighted by Crippen LogP contribution is -2.53. The van der Waals surface area contributed by atoms with Crippen LogP contribution in [0.5, 0.6) is 0 Å². The molecule has 92 valence electrons. The van der Waals surface area contributed by atoms with Crippen LogP contribution < -0.4 is 5.32 Å². The molecule has 6 nitrogen and oxygen atoms in total. The molecular formula is C12H12N4O2. The molecule has 0 aromatic heterocycles. The minimum absolute atomic E-state index is 0.125. The van der Waals surface area contributed by atoms with E-state index in [-0.39, 0.29) is 12.8 Å². The SMILES string of the molecule is CC[C@H]1C[C@@]2(O)C[C@@](C#N)(C(=O)N2)C1(C#N)C#N. The van der Waals surface area contributed by atoms with Crippen molar-refractivity contribution >= 4 is 5.91 Å². The number of rotatable bonds is 1. The second kappa shape index (κ2) is 3.45. The van der Waals surface area contributed by atoms with Gasteiger partial charge in [-0.15, -0.1) is 0 Å². The van der Waals surface area contributed by atoms with Crippen LogP contribution in [0.15, 0.2) is 0 Å². The molecule has 0 unspecified atom stereocenters. The van der Waals surface area contributed by atoms with Crippen molar-refractivity contribution in [1.82, 2.24) is 5.32 Å². The highest BCUT2D eigenvalue weighted by Gasteiger charge is 2.73. The van der Waals surface area contributed by atoms with E-state index in [1.54, 1.807) is 6.92 Å². The molecule has 1 heterocycles. The highest BCUT2D eigenvalue weighted by Crippen LogP contribution is 2.59. The number of hydrogen-bond acceptors (Lipinski definition) is 5. The number of nitrogens with zero attached hydrogens (tertiary/aromatic N) is 3. The summed E-state index contributed by atoms with van der Waals surface area (Å²) in [5.41, 5.74) is -4.93. The third-order valence-corrected chi connectivity index (χ3v) is 4.20. The predicted molar refractivity (Wildman–Crippen MR) is 57.8 cm³/mol. The highest BCUT2D eigenvalue weighted by molar-refractivity contribution is 5.91. The van der Waals surface area contributed by atoms with Gasteiger partial charge in [0.1, 0.15) is 5.72 Å². The maximum absolute atomic E-state index is 12.0. The average molecular weight is 244 g/mol. The number of nitriles is 3. The Balaban J connectivity index is 2.71. The molecule has 2 rings (SSSR count). The van der Waals surface area contributed by atoms with E-state index in [0.29, 0.717) is 6.42 Å². The van der Waals surface area contributed by atoms with Gasteiger partial charge in [-0.05, 0) is 5.92 Å². The predicted octanol–water partition coefficient (Wildman–Crippen LogP) is 0.168. The third-order valence-electron chi connectivity index (χ3n) is 4.20. The van der Waals surface area contributed by atoms with Gasteiger partial charge in [0.2, 0.25) is 5.91 Å². The molecule has 0 aromatic rings. The second-order valence-corrected chi connectivity index (χ2v) is 5.02. The van der Waals surface area contributed by atoms with Crippen LogP contribution in [-0.4, -0.2) is 16.7 Å². The summed E-state index contributed by atoms with van der Waals surface area (Å²) in [4.78, 5) is 12.0. The fourth-order valence-corrected chi connectivity index (χ4v) is 3.26. The summed E-state index contributed by atoms with van der Waals surface area (Å²) < 4.78 is 0. The molecule has 1 aliphatic heterocycles. The zero-order chi connectivity index (χ0) is 13.6. The Hall–Kier alpha value is -2.10. The van der Waals surface area contributed by atoms with Crippen LogP contribution in [0.4, 0.5) is 0 Å². The molecule has 2 bridgehead atoms. The molecule has 1 saturated carbocycles. The van der Waals surface area contributed by atoms with Crippen LogP contribution in [0.3, 0.4) is 0 Å². The number of fused-ring (bicyclic) bond motifs is 2. The van der Waals surface area contributed by atoms with E-state index in [2.05, 4.69) is 5.32 Å². The van der Waals surface area contributed by atoms with E-state index in [1.165, 1.54) is 0 Å². The van der Waals surface area contributed by atoms with Gasteiger partial charge in [0, 0.05) is 12.8 Å². The summed E-state index contributed by atoms with van der Waals surface area (Å²) in [6, 6.07) is 5.58. The van der Waals surface area contributed by atoms with E-state index >= 15 is 0 Å². The Bertz CT molecular complexity index is 524. The molecule has 2 N–H and O–H groups in total. The topological polar surface area (TPSA) is 121 Å². The van der Waals surface area contributed by atoms with Crippen molar-refractivity contribution in [1.29, 1.82) is 15.8 Å². The van der Waals surface area contributed by atoms with Crippen LogP contribution in [-0.2, 0) is 4.79 Å². The van der Waals surface area contributed by atoms with E-state index < -0.39 is 28.4 Å². The summed E-state index contributed by atoms with van der Waals surface area (Å²) in [6.45, 7) is 1.78. The van der Waals surface area contributed by atoms with E-state index in [9.17, 15) is 25.7 Å². The minimum atomic E-state index is -1.77. The molecule has 18 heavy (non-hydrogen) atoms. The Morgan fingerprint density at radius 1 is 1.39 bits per heavy atom. The van der Waals surface area contributed by atoms with Crippen molar-refractivity contribution in [3.8, 4) is 18.2 Å².